The number of rotatable bonds is 9. The summed E-state index contributed by atoms with van der Waals surface area (Å²) in [6, 6.07) is 20.6. The Morgan fingerprint density at radius 3 is 2.20 bits per heavy atom. The molecule has 1 saturated heterocycles. The molecule has 4 rings (SSSR count). The number of hydrogen-bond donors (Lipinski definition) is 1. The number of esters is 1. The van der Waals surface area contributed by atoms with E-state index in [9.17, 15) is 23.6 Å². The summed E-state index contributed by atoms with van der Waals surface area (Å²) in [5, 5.41) is 1.55. The van der Waals surface area contributed by atoms with E-state index in [0.717, 1.165) is 5.56 Å². The molecule has 0 aliphatic carbocycles. The van der Waals surface area contributed by atoms with Gasteiger partial charge in [0.1, 0.15) is 18.2 Å². The zero-order chi connectivity index (χ0) is 24.8. The summed E-state index contributed by atoms with van der Waals surface area (Å²) < 4.78 is 22.2. The van der Waals surface area contributed by atoms with Crippen molar-refractivity contribution >= 4 is 34.7 Å². The van der Waals surface area contributed by atoms with Crippen molar-refractivity contribution in [1.29, 1.82) is 0 Å². The number of ether oxygens (including phenoxy) is 2. The molecule has 1 heterocycles. The molecule has 1 atom stereocenters. The van der Waals surface area contributed by atoms with E-state index in [0.29, 0.717) is 28.6 Å². The normalized spacial score (nSPS) is 17.1. The van der Waals surface area contributed by atoms with Crippen LogP contribution in [0.15, 0.2) is 78.9 Å². The van der Waals surface area contributed by atoms with Crippen LogP contribution in [0.5, 0.6) is 5.75 Å². The van der Waals surface area contributed by atoms with E-state index >= 15 is 0 Å². The highest BCUT2D eigenvalue weighted by atomic mass is 32.2. The van der Waals surface area contributed by atoms with Crippen LogP contribution in [-0.2, 0) is 27.4 Å². The maximum atomic E-state index is 13.0. The van der Waals surface area contributed by atoms with Gasteiger partial charge in [0.25, 0.3) is 11.1 Å². The smallest absolute Gasteiger partial charge is 0.333 e. The quantitative estimate of drug-likeness (QED) is 0.272. The zero-order valence-corrected chi connectivity index (χ0v) is 19.2. The van der Waals surface area contributed by atoms with Crippen molar-refractivity contribution in [2.75, 3.05) is 6.61 Å². The van der Waals surface area contributed by atoms with Gasteiger partial charge in [0, 0.05) is 12.0 Å². The van der Waals surface area contributed by atoms with Crippen LogP contribution in [0.2, 0.25) is 0 Å². The van der Waals surface area contributed by atoms with Gasteiger partial charge in [0.15, 0.2) is 12.4 Å². The Balaban J connectivity index is 1.41. The number of nitrogens with one attached hydrogen (secondary N) is 1. The van der Waals surface area contributed by atoms with E-state index in [2.05, 4.69) is 5.32 Å². The van der Waals surface area contributed by atoms with Crippen molar-refractivity contribution < 1.29 is 33.0 Å². The van der Waals surface area contributed by atoms with E-state index in [1.165, 1.54) is 24.3 Å². The van der Waals surface area contributed by atoms with Crippen LogP contribution in [0, 0.1) is 5.82 Å². The van der Waals surface area contributed by atoms with Gasteiger partial charge in [0.05, 0.1) is 0 Å². The molecule has 2 amide bonds. The van der Waals surface area contributed by atoms with Crippen LogP contribution in [0.25, 0.3) is 0 Å². The molecule has 1 fully saturated rings. The molecule has 3 aromatic carbocycles. The molecule has 1 aliphatic heterocycles. The number of imide groups is 1. The predicted octanol–water partition coefficient (Wildman–Crippen LogP) is 4.10. The van der Waals surface area contributed by atoms with Crippen LogP contribution >= 0.6 is 11.8 Å². The molecule has 0 unspecified atom stereocenters. The highest BCUT2D eigenvalue weighted by Crippen LogP contribution is 2.37. The molecule has 0 radical (unpaired) electrons. The first kappa shape index (κ1) is 24.2. The summed E-state index contributed by atoms with van der Waals surface area (Å²) >= 11 is 0.599. The summed E-state index contributed by atoms with van der Waals surface area (Å²) in [6.45, 7) is -0.272. The van der Waals surface area contributed by atoms with Gasteiger partial charge < -0.3 is 9.47 Å². The van der Waals surface area contributed by atoms with E-state index in [1.54, 1.807) is 48.5 Å². The van der Waals surface area contributed by atoms with Crippen molar-refractivity contribution in [2.24, 2.45) is 0 Å². The van der Waals surface area contributed by atoms with E-state index < -0.39 is 27.7 Å². The van der Waals surface area contributed by atoms with Gasteiger partial charge >= 0.3 is 5.97 Å². The van der Waals surface area contributed by atoms with Crippen LogP contribution in [0.1, 0.15) is 21.5 Å². The molecule has 7 nitrogen and oxygen atoms in total. The van der Waals surface area contributed by atoms with Crippen LogP contribution < -0.4 is 10.1 Å². The Kier molecular flexibility index (Phi) is 7.26. The second-order valence-corrected chi connectivity index (χ2v) is 9.04. The summed E-state index contributed by atoms with van der Waals surface area (Å²) in [7, 11) is 0. The van der Waals surface area contributed by atoms with Crippen LogP contribution in [0.3, 0.4) is 0 Å². The summed E-state index contributed by atoms with van der Waals surface area (Å²) in [4.78, 5) is 49.7. The summed E-state index contributed by atoms with van der Waals surface area (Å²) in [5.74, 6) is -1.89. The van der Waals surface area contributed by atoms with Gasteiger partial charge in [-0.15, -0.1) is 0 Å². The van der Waals surface area contributed by atoms with Gasteiger partial charge in [-0.25, -0.2) is 9.18 Å². The maximum Gasteiger partial charge on any atom is 0.333 e. The van der Waals surface area contributed by atoms with Gasteiger partial charge in [-0.05, 0) is 59.3 Å². The number of ketones is 1. The number of amides is 2. The average Bonchev–Trinajstić information content (AvgIpc) is 3.16. The Morgan fingerprint density at radius 2 is 1.57 bits per heavy atom. The molecule has 3 aromatic rings. The number of thioether (sulfide) groups is 1. The maximum absolute atomic E-state index is 13.0. The van der Waals surface area contributed by atoms with Crippen molar-refractivity contribution in [3.63, 3.8) is 0 Å². The van der Waals surface area contributed by atoms with E-state index in [-0.39, 0.29) is 25.4 Å². The Morgan fingerprint density at radius 1 is 0.886 bits per heavy atom. The first-order chi connectivity index (χ1) is 16.9. The fourth-order valence-corrected chi connectivity index (χ4v) is 4.43. The lowest BCUT2D eigenvalue weighted by molar-refractivity contribution is -0.150. The SMILES string of the molecule is O=C1NC(=O)[C@@](Cc2ccc(OCC(=O)c3ccc(F)cc3)cc2)(C(=O)OCc2ccccc2)S1. The minimum Gasteiger partial charge on any atom is -0.485 e. The lowest BCUT2D eigenvalue weighted by atomic mass is 9.97. The van der Waals surface area contributed by atoms with Crippen molar-refractivity contribution in [3.8, 4) is 5.75 Å². The number of carbonyl (C=O) groups is 4. The van der Waals surface area contributed by atoms with Crippen molar-refractivity contribution in [1.82, 2.24) is 5.32 Å². The van der Waals surface area contributed by atoms with E-state index in [4.69, 9.17) is 9.47 Å². The molecule has 0 saturated carbocycles. The van der Waals surface area contributed by atoms with Gasteiger partial charge in [-0.1, -0.05) is 42.5 Å². The molecule has 1 aliphatic rings. The standard InChI is InChI=1S/C26H20FNO6S/c27-20-10-8-19(9-11-20)22(29)16-33-21-12-6-17(7-13-21)14-26(23(30)28-25(32)35-26)24(31)34-15-18-4-2-1-3-5-18/h1-13H,14-16H2,(H,28,30,32)/t26-/m0/s1. The van der Waals surface area contributed by atoms with Gasteiger partial charge in [-0.2, -0.15) is 0 Å². The molecule has 0 bridgehead atoms. The van der Waals surface area contributed by atoms with Crippen LogP contribution in [0.4, 0.5) is 9.18 Å². The summed E-state index contributed by atoms with van der Waals surface area (Å²) in [5.41, 5.74) is 1.67. The fourth-order valence-electron chi connectivity index (χ4n) is 3.45. The number of hydrogen-bond acceptors (Lipinski definition) is 7. The Hall–Kier alpha value is -3.98. The zero-order valence-electron chi connectivity index (χ0n) is 18.4. The fraction of sp³-hybridized carbons (Fsp3) is 0.154. The third kappa shape index (κ3) is 5.75. The van der Waals surface area contributed by atoms with Gasteiger partial charge in [0.2, 0.25) is 4.75 Å². The largest absolute Gasteiger partial charge is 0.485 e. The number of carbonyl (C=O) groups excluding carboxylic acids is 4. The van der Waals surface area contributed by atoms with Gasteiger partial charge in [-0.3, -0.25) is 19.7 Å². The molecule has 1 N–H and O–H groups in total. The topological polar surface area (TPSA) is 98.8 Å². The molecule has 0 aromatic heterocycles. The molecule has 9 heteroatoms. The first-order valence-electron chi connectivity index (χ1n) is 10.6. The third-order valence-electron chi connectivity index (χ3n) is 5.30. The lowest BCUT2D eigenvalue weighted by Gasteiger charge is -2.22. The molecular weight excluding hydrogens is 473 g/mol. The molecule has 0 spiro atoms. The average molecular weight is 494 g/mol. The van der Waals surface area contributed by atoms with Crippen LogP contribution in [-0.4, -0.2) is 34.3 Å². The number of halogens is 1. The predicted molar refractivity (Wildman–Crippen MR) is 126 cm³/mol. The molecule has 35 heavy (non-hydrogen) atoms. The molecule has 178 valence electrons. The number of Topliss-reactive ketones (excluding diaryl/α,β-unsaturated/α-hetero) is 1. The van der Waals surface area contributed by atoms with Crippen molar-refractivity contribution in [2.45, 2.75) is 17.8 Å². The highest BCUT2D eigenvalue weighted by Gasteiger charge is 2.55. The Labute approximate surface area is 204 Å². The van der Waals surface area contributed by atoms with Crippen molar-refractivity contribution in [3.05, 3.63) is 101 Å². The molecular formula is C26H20FNO6S. The second-order valence-electron chi connectivity index (χ2n) is 7.77. The minimum absolute atomic E-state index is 0.0294. The minimum atomic E-state index is -1.74. The Bertz CT molecular complexity index is 1250. The second kappa shape index (κ2) is 10.5. The highest BCUT2D eigenvalue weighted by molar-refractivity contribution is 8.16. The number of benzene rings is 3. The third-order valence-corrected chi connectivity index (χ3v) is 6.44. The summed E-state index contributed by atoms with van der Waals surface area (Å²) in [6.07, 6.45) is -0.0718. The monoisotopic (exact) mass is 493 g/mol. The lowest BCUT2D eigenvalue weighted by Crippen LogP contribution is -2.46. The van der Waals surface area contributed by atoms with E-state index in [1.807, 2.05) is 6.07 Å². The first-order valence-corrected chi connectivity index (χ1v) is 11.4.